The van der Waals surface area contributed by atoms with E-state index in [0.717, 1.165) is 36.8 Å². The van der Waals surface area contributed by atoms with Crippen molar-refractivity contribution in [2.24, 2.45) is 0 Å². The lowest BCUT2D eigenvalue weighted by atomic mass is 10.1. The minimum atomic E-state index is -0.122. The quantitative estimate of drug-likeness (QED) is 0.741. The minimum absolute atomic E-state index is 0.122. The van der Waals surface area contributed by atoms with Crippen LogP contribution in [0.25, 0.3) is 10.2 Å². The van der Waals surface area contributed by atoms with Gasteiger partial charge in [-0.1, -0.05) is 17.4 Å². The molecule has 26 heavy (non-hydrogen) atoms. The zero-order valence-electron chi connectivity index (χ0n) is 14.7. The summed E-state index contributed by atoms with van der Waals surface area (Å²) in [5, 5.41) is 12.3. The summed E-state index contributed by atoms with van der Waals surface area (Å²) >= 11 is 3.10. The Morgan fingerprint density at radius 3 is 2.81 bits per heavy atom. The van der Waals surface area contributed by atoms with Gasteiger partial charge in [-0.05, 0) is 24.6 Å². The Balaban J connectivity index is 1.39. The van der Waals surface area contributed by atoms with Crippen molar-refractivity contribution in [2.75, 3.05) is 36.4 Å². The Morgan fingerprint density at radius 1 is 1.23 bits per heavy atom. The molecule has 2 aromatic heterocycles. The second kappa shape index (κ2) is 7.26. The maximum Gasteiger partial charge on any atom is 0.223 e. The highest BCUT2D eigenvalue weighted by atomic mass is 32.1. The number of benzene rings is 1. The molecule has 0 unspecified atom stereocenters. The first-order valence-electron chi connectivity index (χ1n) is 8.53. The van der Waals surface area contributed by atoms with Gasteiger partial charge < -0.3 is 10.2 Å². The highest BCUT2D eigenvalue weighted by Gasteiger charge is 2.24. The molecule has 4 rings (SSSR count). The number of aromatic nitrogens is 3. The summed E-state index contributed by atoms with van der Waals surface area (Å²) in [5.41, 5.74) is 4.29. The maximum absolute atomic E-state index is 11.1. The van der Waals surface area contributed by atoms with E-state index in [1.165, 1.54) is 28.5 Å². The lowest BCUT2D eigenvalue weighted by Crippen LogP contribution is -2.47. The third-order valence-corrected chi connectivity index (χ3v) is 6.38. The number of anilines is 2. The molecule has 0 aliphatic carbocycles. The normalized spacial score (nSPS) is 16.8. The molecule has 9 heteroatoms. The van der Waals surface area contributed by atoms with Gasteiger partial charge in [-0.3, -0.25) is 9.69 Å². The Hall–Kier alpha value is -2.10. The number of fused-ring (bicyclic) bond motifs is 1. The molecule has 1 fully saturated rings. The van der Waals surface area contributed by atoms with Crippen LogP contribution in [0, 0.1) is 0 Å². The zero-order chi connectivity index (χ0) is 18.1. The summed E-state index contributed by atoms with van der Waals surface area (Å²) < 4.78 is 1.23. The molecule has 1 aromatic carbocycles. The monoisotopic (exact) mass is 388 g/mol. The number of hydrogen-bond acceptors (Lipinski definition) is 8. The molecule has 0 saturated carbocycles. The SMILES string of the molecule is CC(=O)Nc1nnc(N2CCN([C@H](C)c3ccc4scnc4c3)CC2)s1. The number of nitrogens with one attached hydrogen (secondary N) is 1. The average molecular weight is 389 g/mol. The number of rotatable bonds is 4. The van der Waals surface area contributed by atoms with E-state index < -0.39 is 0 Å². The first-order chi connectivity index (χ1) is 12.6. The number of piperazine rings is 1. The van der Waals surface area contributed by atoms with Gasteiger partial charge in [-0.2, -0.15) is 0 Å². The third-order valence-electron chi connectivity index (χ3n) is 4.67. The van der Waals surface area contributed by atoms with Crippen LogP contribution in [0.2, 0.25) is 0 Å². The molecule has 1 aliphatic heterocycles. The molecule has 3 heterocycles. The van der Waals surface area contributed by atoms with Crippen LogP contribution in [0.1, 0.15) is 25.5 Å². The predicted octanol–water partition coefficient (Wildman–Crippen LogP) is 2.99. The van der Waals surface area contributed by atoms with Crippen molar-refractivity contribution in [1.82, 2.24) is 20.1 Å². The van der Waals surface area contributed by atoms with Crippen molar-refractivity contribution < 1.29 is 4.79 Å². The van der Waals surface area contributed by atoms with E-state index in [2.05, 4.69) is 55.4 Å². The Labute approximate surface area is 159 Å². The van der Waals surface area contributed by atoms with Crippen molar-refractivity contribution in [3.8, 4) is 0 Å². The highest BCUT2D eigenvalue weighted by Crippen LogP contribution is 2.29. The van der Waals surface area contributed by atoms with Crippen LogP contribution >= 0.6 is 22.7 Å². The maximum atomic E-state index is 11.1. The lowest BCUT2D eigenvalue weighted by molar-refractivity contribution is -0.114. The Bertz CT molecular complexity index is 915. The molecule has 1 N–H and O–H groups in total. The van der Waals surface area contributed by atoms with Gasteiger partial charge in [0.05, 0.1) is 15.7 Å². The van der Waals surface area contributed by atoms with Gasteiger partial charge in [0.25, 0.3) is 0 Å². The number of nitrogens with zero attached hydrogens (tertiary/aromatic N) is 5. The highest BCUT2D eigenvalue weighted by molar-refractivity contribution is 7.19. The second-order valence-corrected chi connectivity index (χ2v) is 8.19. The van der Waals surface area contributed by atoms with Crippen molar-refractivity contribution in [3.05, 3.63) is 29.3 Å². The summed E-state index contributed by atoms with van der Waals surface area (Å²) in [6.45, 7) is 7.46. The van der Waals surface area contributed by atoms with Gasteiger partial charge in [0.15, 0.2) is 0 Å². The summed E-state index contributed by atoms with van der Waals surface area (Å²) in [4.78, 5) is 20.3. The van der Waals surface area contributed by atoms with Crippen molar-refractivity contribution in [1.29, 1.82) is 0 Å². The smallest absolute Gasteiger partial charge is 0.223 e. The molecule has 1 atom stereocenters. The summed E-state index contributed by atoms with van der Waals surface area (Å²) in [5.74, 6) is -0.122. The van der Waals surface area contributed by atoms with Crippen LogP contribution in [0.15, 0.2) is 23.7 Å². The summed E-state index contributed by atoms with van der Waals surface area (Å²) in [6, 6.07) is 6.93. The van der Waals surface area contributed by atoms with E-state index in [1.807, 2.05) is 5.51 Å². The van der Waals surface area contributed by atoms with Gasteiger partial charge in [-0.25, -0.2) is 4.98 Å². The summed E-state index contributed by atoms with van der Waals surface area (Å²) in [7, 11) is 0. The molecule has 0 bridgehead atoms. The third kappa shape index (κ3) is 3.55. The molecule has 7 nitrogen and oxygen atoms in total. The number of carbonyl (C=O) groups is 1. The molecule has 0 spiro atoms. The molecule has 3 aromatic rings. The Morgan fingerprint density at radius 2 is 2.04 bits per heavy atom. The van der Waals surface area contributed by atoms with Crippen LogP contribution in [0.4, 0.5) is 10.3 Å². The standard InChI is InChI=1S/C17H20N6OS2/c1-11(13-3-4-15-14(9-13)18-10-25-15)22-5-7-23(8-6-22)17-21-20-16(26-17)19-12(2)24/h3-4,9-11H,5-8H2,1-2H3,(H,19,20,24)/t11-/m1/s1. The van der Waals surface area contributed by atoms with Crippen LogP contribution in [-0.4, -0.2) is 52.2 Å². The topological polar surface area (TPSA) is 74.2 Å². The fraction of sp³-hybridized carbons (Fsp3) is 0.412. The van der Waals surface area contributed by atoms with E-state index in [4.69, 9.17) is 0 Å². The van der Waals surface area contributed by atoms with Crippen LogP contribution in [0.3, 0.4) is 0 Å². The van der Waals surface area contributed by atoms with Gasteiger partial charge in [0.2, 0.25) is 16.2 Å². The summed E-state index contributed by atoms with van der Waals surface area (Å²) in [6.07, 6.45) is 0. The number of amides is 1. The van der Waals surface area contributed by atoms with Gasteiger partial charge >= 0.3 is 0 Å². The van der Waals surface area contributed by atoms with E-state index in [-0.39, 0.29) is 5.91 Å². The number of hydrogen-bond donors (Lipinski definition) is 1. The zero-order valence-corrected chi connectivity index (χ0v) is 16.3. The Kier molecular flexibility index (Phi) is 4.84. The fourth-order valence-corrected chi connectivity index (χ4v) is 4.69. The van der Waals surface area contributed by atoms with Gasteiger partial charge in [0.1, 0.15) is 0 Å². The van der Waals surface area contributed by atoms with Crippen molar-refractivity contribution >= 4 is 49.1 Å². The minimum Gasteiger partial charge on any atom is -0.344 e. The molecule has 0 radical (unpaired) electrons. The predicted molar refractivity (Wildman–Crippen MR) is 106 cm³/mol. The first-order valence-corrected chi connectivity index (χ1v) is 10.2. The molecular formula is C17H20N6OS2. The van der Waals surface area contributed by atoms with Gasteiger partial charge in [0, 0.05) is 39.1 Å². The van der Waals surface area contributed by atoms with E-state index in [0.29, 0.717) is 11.2 Å². The fourth-order valence-electron chi connectivity index (χ4n) is 3.19. The molecule has 1 saturated heterocycles. The van der Waals surface area contributed by atoms with Gasteiger partial charge in [-0.15, -0.1) is 21.5 Å². The molecule has 1 amide bonds. The van der Waals surface area contributed by atoms with E-state index >= 15 is 0 Å². The number of thiazole rings is 1. The molecule has 1 aliphatic rings. The first kappa shape index (κ1) is 17.3. The lowest BCUT2D eigenvalue weighted by Gasteiger charge is -2.37. The van der Waals surface area contributed by atoms with Crippen LogP contribution < -0.4 is 10.2 Å². The molecular weight excluding hydrogens is 368 g/mol. The van der Waals surface area contributed by atoms with Crippen molar-refractivity contribution in [3.63, 3.8) is 0 Å². The van der Waals surface area contributed by atoms with Crippen molar-refractivity contribution in [2.45, 2.75) is 19.9 Å². The van der Waals surface area contributed by atoms with E-state index in [9.17, 15) is 4.79 Å². The largest absolute Gasteiger partial charge is 0.344 e. The molecule has 136 valence electrons. The second-order valence-electron chi connectivity index (χ2n) is 6.35. The van der Waals surface area contributed by atoms with E-state index in [1.54, 1.807) is 11.3 Å². The van der Waals surface area contributed by atoms with Crippen LogP contribution in [0.5, 0.6) is 0 Å². The number of carbonyl (C=O) groups excluding carboxylic acids is 1. The van der Waals surface area contributed by atoms with Crippen LogP contribution in [-0.2, 0) is 4.79 Å². The average Bonchev–Trinajstić information content (AvgIpc) is 3.29.